The lowest BCUT2D eigenvalue weighted by Crippen LogP contribution is -2.52. The topological polar surface area (TPSA) is 34.4 Å². The monoisotopic (exact) mass is 347 g/mol. The van der Waals surface area contributed by atoms with Gasteiger partial charge in [0.2, 0.25) is 0 Å². The zero-order chi connectivity index (χ0) is 18.0. The lowest BCUT2D eigenvalue weighted by Gasteiger charge is -2.55. The summed E-state index contributed by atoms with van der Waals surface area (Å²) in [5.74, 6) is 2.65. The highest BCUT2D eigenvalue weighted by atomic mass is 16.5. The second kappa shape index (κ2) is 4.21. The van der Waals surface area contributed by atoms with Crippen molar-refractivity contribution in [1.82, 2.24) is 4.57 Å². The fourth-order valence-corrected chi connectivity index (χ4v) is 6.34. The number of hydrogen-bond donors (Lipinski definition) is 1. The molecule has 3 aromatic rings. The van der Waals surface area contributed by atoms with E-state index in [1.54, 1.807) is 0 Å². The van der Waals surface area contributed by atoms with Gasteiger partial charge in [-0.3, -0.25) is 0 Å². The molecule has 1 fully saturated rings. The summed E-state index contributed by atoms with van der Waals surface area (Å²) in [5.41, 5.74) is 4.85. The summed E-state index contributed by atoms with van der Waals surface area (Å²) in [6.45, 7) is 9.05. The third kappa shape index (κ3) is 1.53. The lowest BCUT2D eigenvalue weighted by atomic mass is 9.60. The van der Waals surface area contributed by atoms with Crippen LogP contribution in [0.4, 0.5) is 0 Å². The maximum atomic E-state index is 10.4. The Hall–Kier alpha value is -2.16. The van der Waals surface area contributed by atoms with Gasteiger partial charge in [0.25, 0.3) is 0 Å². The fourth-order valence-electron chi connectivity index (χ4n) is 6.34. The van der Waals surface area contributed by atoms with Crippen LogP contribution in [-0.4, -0.2) is 15.3 Å². The first-order valence-corrected chi connectivity index (χ1v) is 9.80. The number of rotatable bonds is 0. The van der Waals surface area contributed by atoms with Gasteiger partial charge < -0.3 is 14.4 Å². The van der Waals surface area contributed by atoms with E-state index in [1.807, 2.05) is 13.0 Å². The van der Waals surface area contributed by atoms with Crippen molar-refractivity contribution in [2.24, 2.45) is 5.92 Å². The second-order valence-corrected chi connectivity index (χ2v) is 9.53. The van der Waals surface area contributed by atoms with E-state index in [1.165, 1.54) is 28.3 Å². The van der Waals surface area contributed by atoms with Crippen molar-refractivity contribution in [1.29, 1.82) is 0 Å². The summed E-state index contributed by atoms with van der Waals surface area (Å²) >= 11 is 0. The first-order chi connectivity index (χ1) is 12.3. The minimum Gasteiger partial charge on any atom is -0.508 e. The predicted molar refractivity (Wildman–Crippen MR) is 104 cm³/mol. The maximum Gasteiger partial charge on any atom is 0.125 e. The minimum atomic E-state index is -0.0129. The summed E-state index contributed by atoms with van der Waals surface area (Å²) in [7, 11) is 0. The van der Waals surface area contributed by atoms with Gasteiger partial charge in [-0.05, 0) is 82.6 Å². The molecule has 0 unspecified atom stereocenters. The van der Waals surface area contributed by atoms with Crippen LogP contribution in [0.3, 0.4) is 0 Å². The molecule has 3 heteroatoms. The standard InChI is InChI=1S/C23H25NO2/c1-12-9-14-13-5-6-19-20-15-11-23(4,26-19)8-7-16(15)22(2,3)24(21(13)20)17(14)10-18(12)25/h5-6,9-10,15-16,25H,7-8,11H2,1-4H3/t15-,16+,23-/m0/s1. The molecule has 0 spiro atoms. The van der Waals surface area contributed by atoms with Crippen molar-refractivity contribution >= 4 is 21.8 Å². The molecule has 1 aromatic heterocycles. The Bertz CT molecular complexity index is 1120. The molecular weight excluding hydrogens is 322 g/mol. The number of benzene rings is 2. The van der Waals surface area contributed by atoms with Crippen molar-refractivity contribution in [3.8, 4) is 11.5 Å². The third-order valence-corrected chi connectivity index (χ3v) is 7.58. The van der Waals surface area contributed by atoms with Crippen LogP contribution in [0.2, 0.25) is 0 Å². The van der Waals surface area contributed by atoms with Crippen LogP contribution < -0.4 is 4.74 Å². The van der Waals surface area contributed by atoms with Crippen LogP contribution in [-0.2, 0) is 5.54 Å². The van der Waals surface area contributed by atoms with Crippen molar-refractivity contribution in [2.45, 2.75) is 64.0 Å². The first kappa shape index (κ1) is 15.0. The van der Waals surface area contributed by atoms with Crippen LogP contribution in [0.1, 0.15) is 57.1 Å². The number of ether oxygens (including phenoxy) is 1. The Morgan fingerprint density at radius 3 is 2.77 bits per heavy atom. The SMILES string of the molecule is Cc1cc2c3ccc4c5c3n(c2cc1O)C(C)(C)[C@@H]1CC[C@@](C)(C[C@H]51)O4. The second-order valence-electron chi connectivity index (χ2n) is 9.53. The van der Waals surface area contributed by atoms with Gasteiger partial charge >= 0.3 is 0 Å². The molecular formula is C23H25NO2. The van der Waals surface area contributed by atoms with E-state index in [0.717, 1.165) is 29.7 Å². The van der Waals surface area contributed by atoms with E-state index in [2.05, 4.69) is 43.5 Å². The molecule has 2 aliphatic heterocycles. The molecule has 0 radical (unpaired) electrons. The molecule has 2 bridgehead atoms. The largest absolute Gasteiger partial charge is 0.508 e. The smallest absolute Gasteiger partial charge is 0.125 e. The van der Waals surface area contributed by atoms with Gasteiger partial charge in [-0.2, -0.15) is 0 Å². The molecule has 3 atom stereocenters. The molecule has 3 nitrogen and oxygen atoms in total. The van der Waals surface area contributed by atoms with E-state index in [0.29, 0.717) is 17.6 Å². The first-order valence-electron chi connectivity index (χ1n) is 9.80. The maximum absolute atomic E-state index is 10.4. The zero-order valence-electron chi connectivity index (χ0n) is 15.9. The minimum absolute atomic E-state index is 0.0129. The molecule has 2 aromatic carbocycles. The van der Waals surface area contributed by atoms with E-state index in [-0.39, 0.29) is 11.1 Å². The molecule has 1 aliphatic carbocycles. The number of nitrogens with zero attached hydrogens (tertiary/aromatic N) is 1. The predicted octanol–water partition coefficient (Wildman–Crippen LogP) is 5.59. The quantitative estimate of drug-likeness (QED) is 0.575. The average molecular weight is 347 g/mol. The van der Waals surface area contributed by atoms with Gasteiger partial charge in [-0.15, -0.1) is 0 Å². The van der Waals surface area contributed by atoms with Crippen molar-refractivity contribution < 1.29 is 9.84 Å². The molecule has 0 saturated heterocycles. The van der Waals surface area contributed by atoms with Gasteiger partial charge in [-0.1, -0.05) is 0 Å². The van der Waals surface area contributed by atoms with Gasteiger partial charge in [0, 0.05) is 27.9 Å². The van der Waals surface area contributed by atoms with Crippen molar-refractivity contribution in [2.75, 3.05) is 0 Å². The fraction of sp³-hybridized carbons (Fsp3) is 0.478. The molecule has 3 heterocycles. The summed E-state index contributed by atoms with van der Waals surface area (Å²) < 4.78 is 9.03. The summed E-state index contributed by atoms with van der Waals surface area (Å²) in [4.78, 5) is 0. The van der Waals surface area contributed by atoms with E-state index in [4.69, 9.17) is 4.74 Å². The van der Waals surface area contributed by atoms with Crippen LogP contribution in [0.15, 0.2) is 24.3 Å². The van der Waals surface area contributed by atoms with Crippen molar-refractivity contribution in [3.05, 3.63) is 35.4 Å². The van der Waals surface area contributed by atoms with Crippen molar-refractivity contribution in [3.63, 3.8) is 0 Å². The number of aromatic nitrogens is 1. The molecule has 1 N–H and O–H groups in total. The summed E-state index contributed by atoms with van der Waals surface area (Å²) in [6, 6.07) is 8.53. The highest BCUT2D eigenvalue weighted by Crippen LogP contribution is 2.61. The van der Waals surface area contributed by atoms with Gasteiger partial charge in [-0.25, -0.2) is 0 Å². The van der Waals surface area contributed by atoms with Crippen LogP contribution in [0.5, 0.6) is 11.5 Å². The number of phenolic OH excluding ortho intramolecular Hbond substituents is 1. The van der Waals surface area contributed by atoms with Gasteiger partial charge in [0.05, 0.1) is 11.0 Å². The molecule has 0 amide bonds. The Labute approximate surface area is 153 Å². The van der Waals surface area contributed by atoms with Crippen LogP contribution in [0, 0.1) is 12.8 Å². The Kier molecular flexibility index (Phi) is 2.42. The number of hydrogen-bond acceptors (Lipinski definition) is 2. The normalized spacial score (nSPS) is 30.8. The summed E-state index contributed by atoms with van der Waals surface area (Å²) in [6.07, 6.45) is 3.44. The number of phenols is 1. The molecule has 26 heavy (non-hydrogen) atoms. The van der Waals surface area contributed by atoms with E-state index < -0.39 is 0 Å². The molecule has 3 aliphatic rings. The Morgan fingerprint density at radius 2 is 1.96 bits per heavy atom. The van der Waals surface area contributed by atoms with Crippen LogP contribution in [0.25, 0.3) is 21.8 Å². The highest BCUT2D eigenvalue weighted by Gasteiger charge is 2.53. The summed E-state index contributed by atoms with van der Waals surface area (Å²) in [5, 5.41) is 13.0. The molecule has 1 saturated carbocycles. The lowest BCUT2D eigenvalue weighted by molar-refractivity contribution is -0.0257. The number of aromatic hydroxyl groups is 1. The van der Waals surface area contributed by atoms with Gasteiger partial charge in [0.1, 0.15) is 17.1 Å². The average Bonchev–Trinajstić information content (AvgIpc) is 2.88. The van der Waals surface area contributed by atoms with E-state index in [9.17, 15) is 5.11 Å². The Morgan fingerprint density at radius 1 is 1.15 bits per heavy atom. The number of aryl methyl sites for hydroxylation is 1. The molecule has 6 rings (SSSR count). The Balaban J connectivity index is 1.85. The van der Waals surface area contributed by atoms with Gasteiger partial charge in [0.15, 0.2) is 0 Å². The zero-order valence-corrected chi connectivity index (χ0v) is 15.9. The molecule has 134 valence electrons. The van der Waals surface area contributed by atoms with Crippen LogP contribution >= 0.6 is 0 Å². The third-order valence-electron chi connectivity index (χ3n) is 7.58. The van der Waals surface area contributed by atoms with E-state index >= 15 is 0 Å². The number of fused-ring (bicyclic) bond motifs is 4. The highest BCUT2D eigenvalue weighted by molar-refractivity contribution is 6.11.